The number of anilines is 2. The van der Waals surface area contributed by atoms with Crippen LogP contribution in [-0.2, 0) is 0 Å². The van der Waals surface area contributed by atoms with E-state index >= 15 is 0 Å². The summed E-state index contributed by atoms with van der Waals surface area (Å²) in [5.41, 5.74) is 7.03. The minimum absolute atomic E-state index is 0.835. The molecule has 4 aromatic rings. The minimum atomic E-state index is 0.835. The zero-order valence-corrected chi connectivity index (χ0v) is 16.6. The molecular formula is C22H21N3OS. The van der Waals surface area contributed by atoms with Crippen LogP contribution in [0.5, 0.6) is 5.75 Å². The van der Waals surface area contributed by atoms with Crippen molar-refractivity contribution in [3.8, 4) is 16.9 Å². The monoisotopic (exact) mass is 375 g/mol. The van der Waals surface area contributed by atoms with E-state index in [0.717, 1.165) is 38.6 Å². The molecule has 0 atom stereocenters. The number of nitrogens with one attached hydrogen (secondary N) is 1. The van der Waals surface area contributed by atoms with Gasteiger partial charge in [-0.2, -0.15) is 0 Å². The molecule has 1 N–H and O–H groups in total. The van der Waals surface area contributed by atoms with Gasteiger partial charge in [0.05, 0.1) is 12.5 Å². The summed E-state index contributed by atoms with van der Waals surface area (Å²) in [5.74, 6) is 1.68. The van der Waals surface area contributed by atoms with Gasteiger partial charge in [-0.25, -0.2) is 9.97 Å². The quantitative estimate of drug-likeness (QED) is 0.473. The summed E-state index contributed by atoms with van der Waals surface area (Å²) in [5, 5.41) is 6.75. The maximum absolute atomic E-state index is 5.28. The summed E-state index contributed by atoms with van der Waals surface area (Å²) in [7, 11) is 1.68. The van der Waals surface area contributed by atoms with Crippen molar-refractivity contribution in [2.45, 2.75) is 20.8 Å². The van der Waals surface area contributed by atoms with Crippen molar-refractivity contribution in [3.63, 3.8) is 0 Å². The van der Waals surface area contributed by atoms with E-state index in [1.165, 1.54) is 16.7 Å². The first-order valence-corrected chi connectivity index (χ1v) is 9.66. The van der Waals surface area contributed by atoms with E-state index in [1.54, 1.807) is 24.8 Å². The highest BCUT2D eigenvalue weighted by Gasteiger charge is 2.15. The van der Waals surface area contributed by atoms with Gasteiger partial charge in [-0.05, 0) is 49.6 Å². The van der Waals surface area contributed by atoms with Crippen LogP contribution in [0.1, 0.15) is 16.7 Å². The highest BCUT2D eigenvalue weighted by molar-refractivity contribution is 7.17. The number of ether oxygens (including phenoxy) is 1. The molecule has 0 aliphatic carbocycles. The molecule has 0 aliphatic rings. The van der Waals surface area contributed by atoms with Crippen LogP contribution in [0.2, 0.25) is 0 Å². The Hall–Kier alpha value is -2.92. The molecule has 5 heteroatoms. The lowest BCUT2D eigenvalue weighted by molar-refractivity contribution is 0.415. The Morgan fingerprint density at radius 2 is 1.67 bits per heavy atom. The number of hydrogen-bond donors (Lipinski definition) is 1. The first-order chi connectivity index (χ1) is 13.1. The van der Waals surface area contributed by atoms with E-state index < -0.39 is 0 Å². The summed E-state index contributed by atoms with van der Waals surface area (Å²) in [4.78, 5) is 10.00. The van der Waals surface area contributed by atoms with Crippen molar-refractivity contribution < 1.29 is 4.74 Å². The van der Waals surface area contributed by atoms with Crippen LogP contribution in [0.25, 0.3) is 21.3 Å². The Kier molecular flexibility index (Phi) is 4.54. The second kappa shape index (κ2) is 7.00. The Morgan fingerprint density at radius 3 is 2.33 bits per heavy atom. The molecule has 0 aliphatic heterocycles. The summed E-state index contributed by atoms with van der Waals surface area (Å²) in [6.07, 6.45) is 1.62. The number of nitrogens with zero attached hydrogens (tertiary/aromatic N) is 2. The molecule has 0 spiro atoms. The van der Waals surface area contributed by atoms with Crippen LogP contribution in [0, 0.1) is 20.8 Å². The first-order valence-electron chi connectivity index (χ1n) is 8.78. The number of benzene rings is 2. The fourth-order valence-electron chi connectivity index (χ4n) is 3.45. The van der Waals surface area contributed by atoms with Crippen LogP contribution >= 0.6 is 11.3 Å². The molecule has 136 valence electrons. The maximum Gasteiger partial charge on any atom is 0.143 e. The summed E-state index contributed by atoms with van der Waals surface area (Å²) in [6, 6.07) is 12.5. The Morgan fingerprint density at radius 1 is 0.963 bits per heavy atom. The minimum Gasteiger partial charge on any atom is -0.497 e. The SMILES string of the molecule is COc1ccc(-c2csc3ncnc(Nc4c(C)cc(C)cc4C)c23)cc1. The molecule has 0 saturated heterocycles. The number of rotatable bonds is 4. The Bertz CT molecular complexity index is 1090. The maximum atomic E-state index is 5.28. The normalized spacial score (nSPS) is 11.0. The molecule has 0 fully saturated rings. The van der Waals surface area contributed by atoms with Gasteiger partial charge in [0.1, 0.15) is 22.7 Å². The number of fused-ring (bicyclic) bond motifs is 1. The number of thiophene rings is 1. The zero-order chi connectivity index (χ0) is 19.0. The van der Waals surface area contributed by atoms with Crippen molar-refractivity contribution in [3.05, 3.63) is 64.8 Å². The van der Waals surface area contributed by atoms with Gasteiger partial charge >= 0.3 is 0 Å². The topological polar surface area (TPSA) is 47.0 Å². The van der Waals surface area contributed by atoms with Gasteiger partial charge in [-0.3, -0.25) is 0 Å². The van der Waals surface area contributed by atoms with Crippen molar-refractivity contribution in [1.82, 2.24) is 9.97 Å². The molecular weight excluding hydrogens is 354 g/mol. The van der Waals surface area contributed by atoms with Gasteiger partial charge in [-0.1, -0.05) is 29.8 Å². The third-order valence-corrected chi connectivity index (χ3v) is 5.58. The molecule has 4 rings (SSSR count). The lowest BCUT2D eigenvalue weighted by Gasteiger charge is -2.14. The van der Waals surface area contributed by atoms with Crippen LogP contribution < -0.4 is 10.1 Å². The first kappa shape index (κ1) is 17.5. The Labute approximate surface area is 162 Å². The third kappa shape index (κ3) is 3.26. The second-order valence-corrected chi connectivity index (χ2v) is 7.54. The molecule has 0 saturated carbocycles. The van der Waals surface area contributed by atoms with E-state index in [2.05, 4.69) is 65.7 Å². The number of aromatic nitrogens is 2. The van der Waals surface area contributed by atoms with E-state index in [4.69, 9.17) is 4.74 Å². The van der Waals surface area contributed by atoms with Crippen LogP contribution in [0.3, 0.4) is 0 Å². The van der Waals surface area contributed by atoms with Gasteiger partial charge in [0.2, 0.25) is 0 Å². The van der Waals surface area contributed by atoms with Gasteiger partial charge in [-0.15, -0.1) is 11.3 Å². The molecule has 27 heavy (non-hydrogen) atoms. The zero-order valence-electron chi connectivity index (χ0n) is 15.8. The second-order valence-electron chi connectivity index (χ2n) is 6.68. The molecule has 2 heterocycles. The lowest BCUT2D eigenvalue weighted by Crippen LogP contribution is -2.00. The van der Waals surface area contributed by atoms with Crippen molar-refractivity contribution >= 4 is 33.1 Å². The molecule has 0 unspecified atom stereocenters. The van der Waals surface area contributed by atoms with E-state index in [0.29, 0.717) is 0 Å². The standard InChI is InChI=1S/C22H21N3OS/c1-13-9-14(2)20(15(3)10-13)25-21-19-18(11-27-22(19)24-12-23-21)16-5-7-17(26-4)8-6-16/h5-12H,1-4H3,(H,23,24,25). The smallest absolute Gasteiger partial charge is 0.143 e. The fraction of sp³-hybridized carbons (Fsp3) is 0.182. The van der Waals surface area contributed by atoms with Gasteiger partial charge < -0.3 is 10.1 Å². The third-order valence-electron chi connectivity index (χ3n) is 4.69. The fourth-order valence-corrected chi connectivity index (χ4v) is 4.36. The van der Waals surface area contributed by atoms with Crippen molar-refractivity contribution in [2.24, 2.45) is 0 Å². The van der Waals surface area contributed by atoms with Crippen molar-refractivity contribution in [1.29, 1.82) is 0 Å². The predicted molar refractivity (Wildman–Crippen MR) is 113 cm³/mol. The van der Waals surface area contributed by atoms with E-state index in [-0.39, 0.29) is 0 Å². The number of hydrogen-bond acceptors (Lipinski definition) is 5. The van der Waals surface area contributed by atoms with Gasteiger partial charge in [0.25, 0.3) is 0 Å². The van der Waals surface area contributed by atoms with E-state index in [1.807, 2.05) is 12.1 Å². The van der Waals surface area contributed by atoms with Crippen LogP contribution in [0.15, 0.2) is 48.1 Å². The highest BCUT2D eigenvalue weighted by atomic mass is 32.1. The molecule has 0 amide bonds. The number of methoxy groups -OCH3 is 1. The molecule has 0 radical (unpaired) electrons. The van der Waals surface area contributed by atoms with E-state index in [9.17, 15) is 0 Å². The van der Waals surface area contributed by atoms with Gasteiger partial charge in [0.15, 0.2) is 0 Å². The molecule has 2 aromatic heterocycles. The van der Waals surface area contributed by atoms with Crippen molar-refractivity contribution in [2.75, 3.05) is 12.4 Å². The molecule has 0 bridgehead atoms. The average molecular weight is 375 g/mol. The largest absolute Gasteiger partial charge is 0.497 e. The Balaban J connectivity index is 1.83. The summed E-state index contributed by atoms with van der Waals surface area (Å²) < 4.78 is 5.28. The lowest BCUT2D eigenvalue weighted by atomic mass is 10.0. The summed E-state index contributed by atoms with van der Waals surface area (Å²) >= 11 is 1.63. The van der Waals surface area contributed by atoms with Crippen LogP contribution in [-0.4, -0.2) is 17.1 Å². The predicted octanol–water partition coefficient (Wildman–Crippen LogP) is 6.04. The average Bonchev–Trinajstić information content (AvgIpc) is 3.09. The molecule has 2 aromatic carbocycles. The van der Waals surface area contributed by atoms with Gasteiger partial charge in [0, 0.05) is 16.6 Å². The van der Waals surface area contributed by atoms with Crippen LogP contribution in [0.4, 0.5) is 11.5 Å². The molecule has 4 nitrogen and oxygen atoms in total. The highest BCUT2D eigenvalue weighted by Crippen LogP contribution is 2.38. The number of aryl methyl sites for hydroxylation is 3. The summed E-state index contributed by atoms with van der Waals surface area (Å²) in [6.45, 7) is 6.37.